The maximum absolute atomic E-state index is 5.93. The molecule has 16 heavy (non-hydrogen) atoms. The lowest BCUT2D eigenvalue weighted by Crippen LogP contribution is -2.00. The number of rotatable bonds is 3. The van der Waals surface area contributed by atoms with Gasteiger partial charge in [-0.05, 0) is 25.1 Å². The van der Waals surface area contributed by atoms with Crippen molar-refractivity contribution in [3.05, 3.63) is 42.6 Å². The molecule has 0 atom stereocenters. The molecule has 1 heterocycles. The molecule has 0 unspecified atom stereocenters. The van der Waals surface area contributed by atoms with Crippen LogP contribution in [0.15, 0.2) is 42.6 Å². The van der Waals surface area contributed by atoms with Gasteiger partial charge in [0.05, 0.1) is 11.4 Å². The van der Waals surface area contributed by atoms with E-state index in [9.17, 15) is 0 Å². The Morgan fingerprint density at radius 3 is 2.75 bits per heavy atom. The van der Waals surface area contributed by atoms with E-state index >= 15 is 0 Å². The van der Waals surface area contributed by atoms with Crippen LogP contribution in [-0.4, -0.2) is 11.5 Å². The number of pyridine rings is 1. The van der Waals surface area contributed by atoms with Crippen LogP contribution in [0.2, 0.25) is 0 Å². The number of anilines is 2. The van der Waals surface area contributed by atoms with Gasteiger partial charge < -0.3 is 11.1 Å². The van der Waals surface area contributed by atoms with Crippen molar-refractivity contribution in [3.8, 4) is 11.3 Å². The Hall–Kier alpha value is -2.03. The fraction of sp³-hybridized carbons (Fsp3) is 0.154. The summed E-state index contributed by atoms with van der Waals surface area (Å²) in [6, 6.07) is 11.8. The van der Waals surface area contributed by atoms with Crippen molar-refractivity contribution in [2.75, 3.05) is 17.6 Å². The third-order valence-electron chi connectivity index (χ3n) is 2.39. The highest BCUT2D eigenvalue weighted by Crippen LogP contribution is 2.29. The number of aromatic nitrogens is 1. The van der Waals surface area contributed by atoms with Gasteiger partial charge in [-0.15, -0.1) is 0 Å². The molecular weight excluding hydrogens is 198 g/mol. The molecule has 1 aromatic carbocycles. The lowest BCUT2D eigenvalue weighted by atomic mass is 10.1. The fourth-order valence-electron chi connectivity index (χ4n) is 1.68. The van der Waals surface area contributed by atoms with E-state index in [-0.39, 0.29) is 0 Å². The second kappa shape index (κ2) is 4.66. The predicted molar refractivity (Wildman–Crippen MR) is 68.2 cm³/mol. The smallest absolute Gasteiger partial charge is 0.0951 e. The highest BCUT2D eigenvalue weighted by atomic mass is 14.9. The zero-order valence-electron chi connectivity index (χ0n) is 9.27. The highest BCUT2D eigenvalue weighted by Gasteiger charge is 2.07. The summed E-state index contributed by atoms with van der Waals surface area (Å²) >= 11 is 0. The van der Waals surface area contributed by atoms with Crippen molar-refractivity contribution in [3.63, 3.8) is 0 Å². The zero-order valence-corrected chi connectivity index (χ0v) is 9.27. The zero-order chi connectivity index (χ0) is 11.4. The van der Waals surface area contributed by atoms with E-state index in [2.05, 4.69) is 17.2 Å². The van der Waals surface area contributed by atoms with Crippen LogP contribution in [0.1, 0.15) is 6.92 Å². The molecule has 1 aromatic heterocycles. The first-order chi connectivity index (χ1) is 7.83. The maximum Gasteiger partial charge on any atom is 0.0951 e. The number of para-hydroxylation sites is 1. The molecule has 0 amide bonds. The minimum Gasteiger partial charge on any atom is -0.397 e. The number of nitrogens with zero attached hydrogens (tertiary/aromatic N) is 1. The van der Waals surface area contributed by atoms with Crippen molar-refractivity contribution < 1.29 is 0 Å². The molecule has 0 radical (unpaired) electrons. The first-order valence-corrected chi connectivity index (χ1v) is 5.36. The van der Waals surface area contributed by atoms with Crippen molar-refractivity contribution in [1.82, 2.24) is 4.98 Å². The molecule has 82 valence electrons. The Labute approximate surface area is 95.3 Å². The second-order valence-corrected chi connectivity index (χ2v) is 3.52. The molecule has 0 aliphatic heterocycles. The number of nitrogens with one attached hydrogen (secondary N) is 1. The summed E-state index contributed by atoms with van der Waals surface area (Å²) in [5.74, 6) is 0. The number of benzene rings is 1. The topological polar surface area (TPSA) is 50.9 Å². The van der Waals surface area contributed by atoms with Gasteiger partial charge in [-0.2, -0.15) is 0 Å². The summed E-state index contributed by atoms with van der Waals surface area (Å²) in [6.45, 7) is 2.95. The summed E-state index contributed by atoms with van der Waals surface area (Å²) in [4.78, 5) is 4.33. The highest BCUT2D eigenvalue weighted by molar-refractivity contribution is 5.82. The van der Waals surface area contributed by atoms with Crippen molar-refractivity contribution >= 4 is 11.4 Å². The van der Waals surface area contributed by atoms with Gasteiger partial charge in [0.2, 0.25) is 0 Å². The third-order valence-corrected chi connectivity index (χ3v) is 2.39. The van der Waals surface area contributed by atoms with Gasteiger partial charge in [-0.25, -0.2) is 0 Å². The van der Waals surface area contributed by atoms with Crippen LogP contribution in [0.4, 0.5) is 11.4 Å². The largest absolute Gasteiger partial charge is 0.397 e. The average Bonchev–Trinajstić information content (AvgIpc) is 2.31. The SMILES string of the molecule is CCNc1ccccc1-c1ncccc1N. The van der Waals surface area contributed by atoms with Crippen LogP contribution >= 0.6 is 0 Å². The lowest BCUT2D eigenvalue weighted by molar-refractivity contribution is 1.21. The Bertz CT molecular complexity index is 480. The molecule has 2 rings (SSSR count). The van der Waals surface area contributed by atoms with Crippen LogP contribution in [0.25, 0.3) is 11.3 Å². The molecule has 3 nitrogen and oxygen atoms in total. The Kier molecular flexibility index (Phi) is 3.05. The fourth-order valence-corrected chi connectivity index (χ4v) is 1.68. The normalized spacial score (nSPS) is 10.1. The summed E-state index contributed by atoms with van der Waals surface area (Å²) in [6.07, 6.45) is 1.76. The van der Waals surface area contributed by atoms with Crippen LogP contribution < -0.4 is 11.1 Å². The van der Waals surface area contributed by atoms with Gasteiger partial charge in [-0.1, -0.05) is 18.2 Å². The molecule has 0 aliphatic rings. The van der Waals surface area contributed by atoms with Crippen molar-refractivity contribution in [1.29, 1.82) is 0 Å². The quantitative estimate of drug-likeness (QED) is 0.824. The molecule has 0 fully saturated rings. The summed E-state index contributed by atoms with van der Waals surface area (Å²) in [7, 11) is 0. The van der Waals surface area contributed by atoms with Crippen LogP contribution in [-0.2, 0) is 0 Å². The number of hydrogen-bond donors (Lipinski definition) is 2. The Balaban J connectivity index is 2.51. The molecule has 2 aromatic rings. The van der Waals surface area contributed by atoms with E-state index in [1.54, 1.807) is 6.20 Å². The van der Waals surface area contributed by atoms with Gasteiger partial charge in [0.1, 0.15) is 0 Å². The first kappa shape index (κ1) is 10.5. The predicted octanol–water partition coefficient (Wildman–Crippen LogP) is 2.76. The minimum absolute atomic E-state index is 0.702. The molecule has 0 aliphatic carbocycles. The van der Waals surface area contributed by atoms with E-state index in [4.69, 9.17) is 5.73 Å². The second-order valence-electron chi connectivity index (χ2n) is 3.52. The third kappa shape index (κ3) is 1.98. The molecule has 0 bridgehead atoms. The molecule has 0 saturated heterocycles. The number of nitrogens with two attached hydrogens (primary N) is 1. The molecule has 0 saturated carbocycles. The van der Waals surface area contributed by atoms with E-state index in [0.717, 1.165) is 23.5 Å². The molecular formula is C13H15N3. The van der Waals surface area contributed by atoms with Gasteiger partial charge in [0.25, 0.3) is 0 Å². The van der Waals surface area contributed by atoms with Gasteiger partial charge in [0, 0.05) is 24.0 Å². The van der Waals surface area contributed by atoms with Gasteiger partial charge >= 0.3 is 0 Å². The van der Waals surface area contributed by atoms with Gasteiger partial charge in [0.15, 0.2) is 0 Å². The Morgan fingerprint density at radius 1 is 1.19 bits per heavy atom. The standard InChI is InChI=1S/C13H15N3/c1-2-15-12-8-4-3-6-10(12)13-11(14)7-5-9-16-13/h3-9,15H,2,14H2,1H3. The van der Waals surface area contributed by atoms with Crippen LogP contribution in [0.5, 0.6) is 0 Å². The van der Waals surface area contributed by atoms with Crippen molar-refractivity contribution in [2.45, 2.75) is 6.92 Å². The van der Waals surface area contributed by atoms with E-state index in [1.807, 2.05) is 36.4 Å². The van der Waals surface area contributed by atoms with Crippen LogP contribution in [0, 0.1) is 0 Å². The summed E-state index contributed by atoms with van der Waals surface area (Å²) in [5.41, 5.74) is 9.57. The molecule has 3 heteroatoms. The van der Waals surface area contributed by atoms with E-state index in [1.165, 1.54) is 0 Å². The van der Waals surface area contributed by atoms with E-state index in [0.29, 0.717) is 5.69 Å². The minimum atomic E-state index is 0.702. The lowest BCUT2D eigenvalue weighted by Gasteiger charge is -2.11. The molecule has 3 N–H and O–H groups in total. The van der Waals surface area contributed by atoms with Gasteiger partial charge in [-0.3, -0.25) is 4.98 Å². The Morgan fingerprint density at radius 2 is 2.00 bits per heavy atom. The average molecular weight is 213 g/mol. The van der Waals surface area contributed by atoms with E-state index < -0.39 is 0 Å². The summed E-state index contributed by atoms with van der Waals surface area (Å²) in [5, 5.41) is 3.31. The number of hydrogen-bond acceptors (Lipinski definition) is 3. The monoisotopic (exact) mass is 213 g/mol. The maximum atomic E-state index is 5.93. The summed E-state index contributed by atoms with van der Waals surface area (Å²) < 4.78 is 0. The number of nitrogen functional groups attached to an aromatic ring is 1. The van der Waals surface area contributed by atoms with Crippen molar-refractivity contribution in [2.24, 2.45) is 0 Å². The van der Waals surface area contributed by atoms with Crippen LogP contribution in [0.3, 0.4) is 0 Å². The molecule has 0 spiro atoms. The first-order valence-electron chi connectivity index (χ1n) is 5.36.